The lowest BCUT2D eigenvalue weighted by molar-refractivity contribution is 0.684. The van der Waals surface area contributed by atoms with Gasteiger partial charge in [-0.05, 0) is 49.1 Å². The van der Waals surface area contributed by atoms with Gasteiger partial charge < -0.3 is 10.2 Å². The lowest BCUT2D eigenvalue weighted by Gasteiger charge is -2.22. The van der Waals surface area contributed by atoms with E-state index in [1.807, 2.05) is 0 Å². The highest BCUT2D eigenvalue weighted by atomic mass is 32.2. The SMILES string of the molecule is CCc1cc(CNC2CC2)cc(N2CCCSCC2)n1. The van der Waals surface area contributed by atoms with Crippen molar-refractivity contribution in [2.24, 2.45) is 0 Å². The van der Waals surface area contributed by atoms with Gasteiger partial charge >= 0.3 is 0 Å². The first-order valence-electron chi connectivity index (χ1n) is 7.91. The van der Waals surface area contributed by atoms with Gasteiger partial charge in [0.15, 0.2) is 0 Å². The first-order chi connectivity index (χ1) is 9.85. The van der Waals surface area contributed by atoms with Crippen LogP contribution in [-0.4, -0.2) is 35.6 Å². The zero-order valence-electron chi connectivity index (χ0n) is 12.4. The number of aryl methyl sites for hydroxylation is 1. The molecule has 1 aromatic heterocycles. The number of anilines is 1. The Morgan fingerprint density at radius 1 is 1.30 bits per heavy atom. The first kappa shape index (κ1) is 14.2. The minimum Gasteiger partial charge on any atom is -0.356 e. The van der Waals surface area contributed by atoms with Crippen molar-refractivity contribution in [2.45, 2.75) is 45.2 Å². The second-order valence-corrected chi connectivity index (χ2v) is 7.01. The molecule has 0 spiro atoms. The third-order valence-electron chi connectivity index (χ3n) is 4.01. The van der Waals surface area contributed by atoms with Crippen LogP contribution < -0.4 is 10.2 Å². The molecule has 110 valence electrons. The molecule has 0 amide bonds. The van der Waals surface area contributed by atoms with Crippen LogP contribution in [-0.2, 0) is 13.0 Å². The Hall–Kier alpha value is -0.740. The fourth-order valence-electron chi connectivity index (χ4n) is 2.60. The largest absolute Gasteiger partial charge is 0.356 e. The molecular formula is C16H25N3S. The molecule has 2 aliphatic rings. The van der Waals surface area contributed by atoms with Gasteiger partial charge in [-0.3, -0.25) is 0 Å². The van der Waals surface area contributed by atoms with E-state index in [2.05, 4.69) is 41.0 Å². The fourth-order valence-corrected chi connectivity index (χ4v) is 3.49. The average Bonchev–Trinajstić information content (AvgIpc) is 3.31. The molecule has 20 heavy (non-hydrogen) atoms. The average molecular weight is 291 g/mol. The molecule has 1 saturated heterocycles. The van der Waals surface area contributed by atoms with E-state index < -0.39 is 0 Å². The molecule has 1 N–H and O–H groups in total. The van der Waals surface area contributed by atoms with Gasteiger partial charge in [-0.1, -0.05) is 6.92 Å². The number of nitrogens with zero attached hydrogens (tertiary/aromatic N) is 2. The predicted molar refractivity (Wildman–Crippen MR) is 87.6 cm³/mol. The van der Waals surface area contributed by atoms with Crippen LogP contribution in [0.4, 0.5) is 5.82 Å². The predicted octanol–water partition coefficient (Wildman–Crippen LogP) is 2.84. The van der Waals surface area contributed by atoms with E-state index in [1.165, 1.54) is 47.8 Å². The summed E-state index contributed by atoms with van der Waals surface area (Å²) in [6, 6.07) is 5.34. The number of aromatic nitrogens is 1. The third kappa shape index (κ3) is 3.89. The highest BCUT2D eigenvalue weighted by molar-refractivity contribution is 7.99. The van der Waals surface area contributed by atoms with E-state index in [-0.39, 0.29) is 0 Å². The molecule has 1 aliphatic heterocycles. The molecule has 0 radical (unpaired) electrons. The number of hydrogen-bond donors (Lipinski definition) is 1. The maximum absolute atomic E-state index is 4.85. The van der Waals surface area contributed by atoms with Crippen molar-refractivity contribution in [2.75, 3.05) is 29.5 Å². The maximum Gasteiger partial charge on any atom is 0.129 e. The molecule has 2 fully saturated rings. The monoisotopic (exact) mass is 291 g/mol. The van der Waals surface area contributed by atoms with E-state index in [1.54, 1.807) is 0 Å². The summed E-state index contributed by atoms with van der Waals surface area (Å²) in [6.07, 6.45) is 5.00. The van der Waals surface area contributed by atoms with Gasteiger partial charge in [-0.15, -0.1) is 0 Å². The Morgan fingerprint density at radius 3 is 3.00 bits per heavy atom. The standard InChI is InChI=1S/C16H25N3S/c1-2-14-10-13(12-17-15-4-5-15)11-16(18-14)19-6-3-8-20-9-7-19/h10-11,15,17H,2-9,12H2,1H3. The second kappa shape index (κ2) is 6.81. The van der Waals surface area contributed by atoms with E-state index in [0.717, 1.165) is 32.1 Å². The van der Waals surface area contributed by atoms with Gasteiger partial charge in [0.2, 0.25) is 0 Å². The van der Waals surface area contributed by atoms with E-state index >= 15 is 0 Å². The molecule has 3 nitrogen and oxygen atoms in total. The summed E-state index contributed by atoms with van der Waals surface area (Å²) in [5, 5.41) is 3.62. The van der Waals surface area contributed by atoms with Crippen molar-refractivity contribution in [1.82, 2.24) is 10.3 Å². The summed E-state index contributed by atoms with van der Waals surface area (Å²) >= 11 is 2.07. The van der Waals surface area contributed by atoms with Crippen molar-refractivity contribution >= 4 is 17.6 Å². The number of hydrogen-bond acceptors (Lipinski definition) is 4. The van der Waals surface area contributed by atoms with Crippen molar-refractivity contribution in [3.8, 4) is 0 Å². The fraction of sp³-hybridized carbons (Fsp3) is 0.688. The summed E-state index contributed by atoms with van der Waals surface area (Å²) < 4.78 is 0. The van der Waals surface area contributed by atoms with Gasteiger partial charge in [0, 0.05) is 37.1 Å². The molecular weight excluding hydrogens is 266 g/mol. The summed E-state index contributed by atoms with van der Waals surface area (Å²) in [4.78, 5) is 7.32. The first-order valence-corrected chi connectivity index (χ1v) is 9.06. The lowest BCUT2D eigenvalue weighted by atomic mass is 10.2. The Bertz CT molecular complexity index is 437. The molecule has 1 saturated carbocycles. The Morgan fingerprint density at radius 2 is 2.20 bits per heavy atom. The van der Waals surface area contributed by atoms with Crippen LogP contribution in [0.25, 0.3) is 0 Å². The van der Waals surface area contributed by atoms with Gasteiger partial charge in [-0.25, -0.2) is 4.98 Å². The smallest absolute Gasteiger partial charge is 0.129 e. The third-order valence-corrected chi connectivity index (χ3v) is 5.05. The number of rotatable bonds is 5. The normalized spacial score (nSPS) is 19.9. The topological polar surface area (TPSA) is 28.2 Å². The van der Waals surface area contributed by atoms with Crippen molar-refractivity contribution in [1.29, 1.82) is 0 Å². The lowest BCUT2D eigenvalue weighted by Crippen LogP contribution is -2.27. The maximum atomic E-state index is 4.85. The van der Waals surface area contributed by atoms with E-state index in [4.69, 9.17) is 4.98 Å². The Labute approximate surface area is 126 Å². The summed E-state index contributed by atoms with van der Waals surface area (Å²) in [7, 11) is 0. The van der Waals surface area contributed by atoms with Crippen LogP contribution >= 0.6 is 11.8 Å². The minimum absolute atomic E-state index is 0.770. The molecule has 4 heteroatoms. The highest BCUT2D eigenvalue weighted by Gasteiger charge is 2.20. The van der Waals surface area contributed by atoms with Gasteiger partial charge in [0.05, 0.1) is 0 Å². The van der Waals surface area contributed by atoms with Crippen LogP contribution in [0.5, 0.6) is 0 Å². The van der Waals surface area contributed by atoms with Gasteiger partial charge in [0.1, 0.15) is 5.82 Å². The van der Waals surface area contributed by atoms with Crippen LogP contribution in [0.1, 0.15) is 37.4 Å². The van der Waals surface area contributed by atoms with Crippen LogP contribution in [0.3, 0.4) is 0 Å². The van der Waals surface area contributed by atoms with Crippen molar-refractivity contribution in [3.63, 3.8) is 0 Å². The molecule has 0 bridgehead atoms. The second-order valence-electron chi connectivity index (χ2n) is 5.79. The number of nitrogens with one attached hydrogen (secondary N) is 1. The molecule has 0 unspecified atom stereocenters. The van der Waals surface area contributed by atoms with Crippen LogP contribution in [0.2, 0.25) is 0 Å². The van der Waals surface area contributed by atoms with E-state index in [0.29, 0.717) is 0 Å². The Kier molecular flexibility index (Phi) is 4.84. The molecule has 1 aromatic rings. The molecule has 3 rings (SSSR count). The van der Waals surface area contributed by atoms with Crippen LogP contribution in [0, 0.1) is 0 Å². The summed E-state index contributed by atoms with van der Waals surface area (Å²) in [5.74, 6) is 3.72. The molecule has 0 atom stereocenters. The molecule has 2 heterocycles. The molecule has 0 aromatic carbocycles. The number of pyridine rings is 1. The van der Waals surface area contributed by atoms with Crippen LogP contribution in [0.15, 0.2) is 12.1 Å². The van der Waals surface area contributed by atoms with E-state index in [9.17, 15) is 0 Å². The van der Waals surface area contributed by atoms with Crippen molar-refractivity contribution < 1.29 is 0 Å². The minimum atomic E-state index is 0.770. The Balaban J connectivity index is 1.74. The zero-order valence-corrected chi connectivity index (χ0v) is 13.2. The van der Waals surface area contributed by atoms with Gasteiger partial charge in [-0.2, -0.15) is 11.8 Å². The number of thioether (sulfide) groups is 1. The summed E-state index contributed by atoms with van der Waals surface area (Å²) in [6.45, 7) is 5.49. The quantitative estimate of drug-likeness (QED) is 0.903. The summed E-state index contributed by atoms with van der Waals surface area (Å²) in [5.41, 5.74) is 2.63. The molecule has 1 aliphatic carbocycles. The highest BCUT2D eigenvalue weighted by Crippen LogP contribution is 2.22. The van der Waals surface area contributed by atoms with Gasteiger partial charge in [0.25, 0.3) is 0 Å². The van der Waals surface area contributed by atoms with Crippen molar-refractivity contribution in [3.05, 3.63) is 23.4 Å². The zero-order chi connectivity index (χ0) is 13.8.